The fraction of sp³-hybridized carbons (Fsp3) is 0.235. The summed E-state index contributed by atoms with van der Waals surface area (Å²) in [5.41, 5.74) is 0.529. The van der Waals surface area contributed by atoms with Crippen LogP contribution in [0.2, 0.25) is 0 Å². The molecule has 0 fully saturated rings. The van der Waals surface area contributed by atoms with E-state index in [2.05, 4.69) is 21.2 Å². The van der Waals surface area contributed by atoms with Crippen molar-refractivity contribution in [3.63, 3.8) is 0 Å². The molecule has 23 heavy (non-hydrogen) atoms. The van der Waals surface area contributed by atoms with Gasteiger partial charge in [0.05, 0.1) is 19.9 Å². The van der Waals surface area contributed by atoms with Crippen molar-refractivity contribution in [2.45, 2.75) is 13.0 Å². The lowest BCUT2D eigenvalue weighted by Crippen LogP contribution is -2.30. The number of nitrogens with one attached hydrogen (secondary N) is 1. The molecule has 0 saturated heterocycles. The molecule has 0 unspecified atom stereocenters. The Morgan fingerprint density at radius 2 is 1.87 bits per heavy atom. The van der Waals surface area contributed by atoms with Crippen molar-refractivity contribution in [1.82, 2.24) is 0 Å². The van der Waals surface area contributed by atoms with Crippen LogP contribution in [0.5, 0.6) is 17.2 Å². The summed E-state index contributed by atoms with van der Waals surface area (Å²) in [5.74, 6) is 1.51. The molecule has 1 N–H and O–H groups in total. The van der Waals surface area contributed by atoms with Crippen molar-refractivity contribution in [3.05, 3.63) is 46.9 Å². The number of halogens is 1. The summed E-state index contributed by atoms with van der Waals surface area (Å²) in [7, 11) is 3.10. The van der Waals surface area contributed by atoms with Crippen molar-refractivity contribution in [1.29, 1.82) is 0 Å². The molecule has 0 aromatic heterocycles. The standard InChI is InChI=1S/C17H18BrNO4/c1-11(23-14-6-4-5-12(18)9-14)17(20)19-15-10-13(21-2)7-8-16(15)22-3/h4-11H,1-3H3,(H,19,20)/t11-/m0/s1. The van der Waals surface area contributed by atoms with Gasteiger partial charge in [0.15, 0.2) is 6.10 Å². The molecule has 0 bridgehead atoms. The van der Waals surface area contributed by atoms with Crippen molar-refractivity contribution in [3.8, 4) is 17.2 Å². The summed E-state index contributed by atoms with van der Waals surface area (Å²) in [4.78, 5) is 12.3. The van der Waals surface area contributed by atoms with E-state index in [0.29, 0.717) is 22.9 Å². The van der Waals surface area contributed by atoms with Gasteiger partial charge in [0.2, 0.25) is 0 Å². The minimum absolute atomic E-state index is 0.281. The largest absolute Gasteiger partial charge is 0.497 e. The number of carbonyl (C=O) groups excluding carboxylic acids is 1. The van der Waals surface area contributed by atoms with Crippen LogP contribution in [0.4, 0.5) is 5.69 Å². The second-order valence-electron chi connectivity index (χ2n) is 4.77. The van der Waals surface area contributed by atoms with Crippen LogP contribution in [0.15, 0.2) is 46.9 Å². The lowest BCUT2D eigenvalue weighted by Gasteiger charge is -2.16. The Labute approximate surface area is 143 Å². The first kappa shape index (κ1) is 17.1. The van der Waals surface area contributed by atoms with E-state index in [1.54, 1.807) is 51.5 Å². The third-order valence-electron chi connectivity index (χ3n) is 3.14. The zero-order valence-electron chi connectivity index (χ0n) is 13.1. The molecular weight excluding hydrogens is 362 g/mol. The van der Waals surface area contributed by atoms with Gasteiger partial charge in [-0.25, -0.2) is 0 Å². The van der Waals surface area contributed by atoms with Crippen molar-refractivity contribution >= 4 is 27.5 Å². The lowest BCUT2D eigenvalue weighted by atomic mass is 10.2. The molecule has 0 heterocycles. The molecular formula is C17H18BrNO4. The van der Waals surface area contributed by atoms with Gasteiger partial charge < -0.3 is 19.5 Å². The predicted octanol–water partition coefficient (Wildman–Crippen LogP) is 3.87. The quantitative estimate of drug-likeness (QED) is 0.827. The monoisotopic (exact) mass is 379 g/mol. The van der Waals surface area contributed by atoms with Gasteiger partial charge in [-0.2, -0.15) is 0 Å². The van der Waals surface area contributed by atoms with E-state index < -0.39 is 6.10 Å². The number of benzene rings is 2. The van der Waals surface area contributed by atoms with Gasteiger partial charge >= 0.3 is 0 Å². The summed E-state index contributed by atoms with van der Waals surface area (Å²) in [6.07, 6.45) is -0.666. The zero-order valence-corrected chi connectivity index (χ0v) is 14.7. The van der Waals surface area contributed by atoms with Gasteiger partial charge in [-0.05, 0) is 37.3 Å². The number of rotatable bonds is 6. The second-order valence-corrected chi connectivity index (χ2v) is 5.69. The third-order valence-corrected chi connectivity index (χ3v) is 3.64. The lowest BCUT2D eigenvalue weighted by molar-refractivity contribution is -0.122. The van der Waals surface area contributed by atoms with E-state index in [0.717, 1.165) is 4.47 Å². The predicted molar refractivity (Wildman–Crippen MR) is 92.4 cm³/mol. The van der Waals surface area contributed by atoms with E-state index in [-0.39, 0.29) is 5.91 Å². The van der Waals surface area contributed by atoms with Gasteiger partial charge in [-0.15, -0.1) is 0 Å². The summed E-state index contributed by atoms with van der Waals surface area (Å²) >= 11 is 3.37. The van der Waals surface area contributed by atoms with E-state index in [1.165, 1.54) is 0 Å². The molecule has 122 valence electrons. The molecule has 5 nitrogen and oxygen atoms in total. The number of ether oxygens (including phenoxy) is 3. The SMILES string of the molecule is COc1ccc(OC)c(NC(=O)[C@H](C)Oc2cccc(Br)c2)c1. The Morgan fingerprint density at radius 1 is 1.09 bits per heavy atom. The van der Waals surface area contributed by atoms with Crippen molar-refractivity contribution in [2.24, 2.45) is 0 Å². The molecule has 2 rings (SSSR count). The third kappa shape index (κ3) is 4.63. The van der Waals surface area contributed by atoms with Crippen LogP contribution in [0.3, 0.4) is 0 Å². The first-order chi connectivity index (χ1) is 11.0. The number of hydrogen-bond donors (Lipinski definition) is 1. The fourth-order valence-electron chi connectivity index (χ4n) is 1.94. The molecule has 2 aromatic carbocycles. The minimum atomic E-state index is -0.666. The highest BCUT2D eigenvalue weighted by molar-refractivity contribution is 9.10. The molecule has 2 aromatic rings. The molecule has 0 radical (unpaired) electrons. The summed E-state index contributed by atoms with van der Waals surface area (Å²) in [6, 6.07) is 12.5. The van der Waals surface area contributed by atoms with Crippen molar-refractivity contribution in [2.75, 3.05) is 19.5 Å². The Morgan fingerprint density at radius 3 is 2.52 bits per heavy atom. The average Bonchev–Trinajstić information content (AvgIpc) is 2.54. The Balaban J connectivity index is 2.09. The van der Waals surface area contributed by atoms with Gasteiger partial charge in [-0.3, -0.25) is 4.79 Å². The molecule has 0 aliphatic carbocycles. The van der Waals surface area contributed by atoms with E-state index in [9.17, 15) is 4.79 Å². The summed E-state index contributed by atoms with van der Waals surface area (Å²) in [6.45, 7) is 1.68. The molecule has 0 aliphatic heterocycles. The number of hydrogen-bond acceptors (Lipinski definition) is 4. The molecule has 0 aliphatic rings. The zero-order chi connectivity index (χ0) is 16.8. The summed E-state index contributed by atoms with van der Waals surface area (Å²) < 4.78 is 16.9. The number of amides is 1. The van der Waals surface area contributed by atoms with Crippen LogP contribution < -0.4 is 19.5 Å². The van der Waals surface area contributed by atoms with Gasteiger partial charge in [0.25, 0.3) is 5.91 Å². The first-order valence-electron chi connectivity index (χ1n) is 6.98. The molecule has 1 atom stereocenters. The highest BCUT2D eigenvalue weighted by Crippen LogP contribution is 2.29. The van der Waals surface area contributed by atoms with Crippen molar-refractivity contribution < 1.29 is 19.0 Å². The van der Waals surface area contributed by atoms with Crippen LogP contribution in [-0.4, -0.2) is 26.2 Å². The number of anilines is 1. The minimum Gasteiger partial charge on any atom is -0.497 e. The Hall–Kier alpha value is -2.21. The van der Waals surface area contributed by atoms with E-state index in [1.807, 2.05) is 12.1 Å². The van der Waals surface area contributed by atoms with Crippen LogP contribution in [0, 0.1) is 0 Å². The van der Waals surface area contributed by atoms with Gasteiger partial charge in [0, 0.05) is 10.5 Å². The Kier molecular flexibility index (Phi) is 5.87. The van der Waals surface area contributed by atoms with Gasteiger partial charge in [0.1, 0.15) is 17.2 Å². The van der Waals surface area contributed by atoms with Gasteiger partial charge in [-0.1, -0.05) is 22.0 Å². The highest BCUT2D eigenvalue weighted by atomic mass is 79.9. The maximum Gasteiger partial charge on any atom is 0.265 e. The van der Waals surface area contributed by atoms with Crippen LogP contribution in [0.25, 0.3) is 0 Å². The maximum absolute atomic E-state index is 12.3. The van der Waals surface area contributed by atoms with Crippen LogP contribution >= 0.6 is 15.9 Å². The number of methoxy groups -OCH3 is 2. The molecule has 1 amide bonds. The smallest absolute Gasteiger partial charge is 0.265 e. The second kappa shape index (κ2) is 7.87. The maximum atomic E-state index is 12.3. The first-order valence-corrected chi connectivity index (χ1v) is 7.78. The van der Waals surface area contributed by atoms with Crippen LogP contribution in [0.1, 0.15) is 6.92 Å². The van der Waals surface area contributed by atoms with E-state index >= 15 is 0 Å². The van der Waals surface area contributed by atoms with E-state index in [4.69, 9.17) is 14.2 Å². The molecule has 0 saturated carbocycles. The highest BCUT2D eigenvalue weighted by Gasteiger charge is 2.17. The normalized spacial score (nSPS) is 11.5. The fourth-order valence-corrected chi connectivity index (χ4v) is 2.32. The summed E-state index contributed by atoms with van der Waals surface area (Å²) in [5, 5.41) is 2.79. The molecule has 0 spiro atoms. The topological polar surface area (TPSA) is 56.8 Å². The molecule has 6 heteroatoms. The van der Waals surface area contributed by atoms with Crippen LogP contribution in [-0.2, 0) is 4.79 Å². The number of carbonyl (C=O) groups is 1. The average molecular weight is 380 g/mol. The Bertz CT molecular complexity index is 690.